The molecule has 1 N–H and O–H groups in total. The zero-order valence-electron chi connectivity index (χ0n) is 18.7. The lowest BCUT2D eigenvalue weighted by Gasteiger charge is -2.32. The molecule has 7 heteroatoms. The van der Waals surface area contributed by atoms with Crippen LogP contribution in [0.2, 0.25) is 0 Å². The van der Waals surface area contributed by atoms with Crippen molar-refractivity contribution < 1.29 is 23.8 Å². The SMILES string of the molecule is O=C(Nc1ccc2c(c1)OCO2)C1CCN(C(=O)c2ccccc2COc2ccccc2)CC1. The van der Waals surface area contributed by atoms with Crippen LogP contribution in [0.1, 0.15) is 28.8 Å². The third-order valence-corrected chi connectivity index (χ3v) is 6.18. The number of likely N-dealkylation sites (tertiary alicyclic amines) is 1. The van der Waals surface area contributed by atoms with Gasteiger partial charge in [-0.3, -0.25) is 9.59 Å². The number of hydrogen-bond acceptors (Lipinski definition) is 5. The average Bonchev–Trinajstić information content (AvgIpc) is 3.36. The molecule has 0 spiro atoms. The van der Waals surface area contributed by atoms with E-state index in [1.54, 1.807) is 18.2 Å². The Morgan fingerprint density at radius 3 is 2.47 bits per heavy atom. The van der Waals surface area contributed by atoms with Gasteiger partial charge in [-0.25, -0.2) is 0 Å². The summed E-state index contributed by atoms with van der Waals surface area (Å²) < 4.78 is 16.5. The molecule has 2 amide bonds. The smallest absolute Gasteiger partial charge is 0.254 e. The van der Waals surface area contributed by atoms with E-state index in [1.165, 1.54) is 0 Å². The maximum atomic E-state index is 13.3. The quantitative estimate of drug-likeness (QED) is 0.589. The Balaban J connectivity index is 1.17. The minimum atomic E-state index is -0.147. The molecule has 3 aromatic rings. The van der Waals surface area contributed by atoms with Crippen molar-refractivity contribution in [3.8, 4) is 17.2 Å². The highest BCUT2D eigenvalue weighted by atomic mass is 16.7. The lowest BCUT2D eigenvalue weighted by Crippen LogP contribution is -2.41. The Labute approximate surface area is 198 Å². The van der Waals surface area contributed by atoms with Gasteiger partial charge in [0.2, 0.25) is 12.7 Å². The van der Waals surface area contributed by atoms with Crippen molar-refractivity contribution in [2.75, 3.05) is 25.2 Å². The van der Waals surface area contributed by atoms with E-state index in [2.05, 4.69) is 5.32 Å². The maximum absolute atomic E-state index is 13.3. The third kappa shape index (κ3) is 4.83. The summed E-state index contributed by atoms with van der Waals surface area (Å²) in [7, 11) is 0. The van der Waals surface area contributed by atoms with Gasteiger partial charge in [0, 0.05) is 41.9 Å². The van der Waals surface area contributed by atoms with Gasteiger partial charge in [0.15, 0.2) is 11.5 Å². The topological polar surface area (TPSA) is 77.1 Å². The summed E-state index contributed by atoms with van der Waals surface area (Å²) >= 11 is 0. The number of carbonyl (C=O) groups is 2. The van der Waals surface area contributed by atoms with E-state index in [0.717, 1.165) is 11.3 Å². The molecule has 0 saturated carbocycles. The molecule has 0 aromatic heterocycles. The number of anilines is 1. The van der Waals surface area contributed by atoms with Crippen molar-refractivity contribution in [3.63, 3.8) is 0 Å². The number of benzene rings is 3. The first-order chi connectivity index (χ1) is 16.7. The summed E-state index contributed by atoms with van der Waals surface area (Å²) in [6, 6.07) is 22.4. The van der Waals surface area contributed by atoms with Crippen molar-refractivity contribution >= 4 is 17.5 Å². The standard InChI is InChI=1S/C27H26N2O5/c30-26(28-21-10-11-24-25(16-21)34-18-33-24)19-12-14-29(15-13-19)27(31)23-9-5-4-6-20(23)17-32-22-7-2-1-3-8-22/h1-11,16,19H,12-15,17-18H2,(H,28,30). The highest BCUT2D eigenvalue weighted by molar-refractivity contribution is 5.96. The summed E-state index contributed by atoms with van der Waals surface area (Å²) in [6.45, 7) is 1.58. The number of fused-ring (bicyclic) bond motifs is 1. The summed E-state index contributed by atoms with van der Waals surface area (Å²) in [4.78, 5) is 27.9. The molecule has 0 radical (unpaired) electrons. The second-order valence-corrected chi connectivity index (χ2v) is 8.38. The normalized spacial score (nSPS) is 15.1. The summed E-state index contributed by atoms with van der Waals surface area (Å²) in [5.74, 6) is 1.86. The van der Waals surface area contributed by atoms with Crippen LogP contribution in [0.3, 0.4) is 0 Å². The van der Waals surface area contributed by atoms with Gasteiger partial charge >= 0.3 is 0 Å². The molecule has 1 saturated heterocycles. The van der Waals surface area contributed by atoms with Gasteiger partial charge in [-0.2, -0.15) is 0 Å². The number of para-hydroxylation sites is 1. The van der Waals surface area contributed by atoms with Gasteiger partial charge in [0.1, 0.15) is 12.4 Å². The van der Waals surface area contributed by atoms with Crippen molar-refractivity contribution in [1.29, 1.82) is 0 Å². The van der Waals surface area contributed by atoms with E-state index in [4.69, 9.17) is 14.2 Å². The van der Waals surface area contributed by atoms with E-state index in [1.807, 2.05) is 59.5 Å². The number of nitrogens with one attached hydrogen (secondary N) is 1. The second kappa shape index (κ2) is 9.87. The molecule has 2 aliphatic heterocycles. The Morgan fingerprint density at radius 2 is 1.65 bits per heavy atom. The first kappa shape index (κ1) is 21.8. The molecule has 2 aliphatic rings. The van der Waals surface area contributed by atoms with Crippen molar-refractivity contribution in [1.82, 2.24) is 4.90 Å². The molecule has 0 atom stereocenters. The van der Waals surface area contributed by atoms with Crippen molar-refractivity contribution in [2.24, 2.45) is 5.92 Å². The van der Waals surface area contributed by atoms with Crippen LogP contribution in [-0.4, -0.2) is 36.6 Å². The van der Waals surface area contributed by atoms with E-state index in [-0.39, 0.29) is 24.5 Å². The first-order valence-electron chi connectivity index (χ1n) is 11.4. The molecule has 0 bridgehead atoms. The van der Waals surface area contributed by atoms with E-state index in [9.17, 15) is 9.59 Å². The molecular formula is C27H26N2O5. The number of amides is 2. The molecule has 174 valence electrons. The molecule has 5 rings (SSSR count). The molecule has 1 fully saturated rings. The van der Waals surface area contributed by atoms with E-state index < -0.39 is 0 Å². The number of piperidine rings is 1. The number of rotatable bonds is 6. The third-order valence-electron chi connectivity index (χ3n) is 6.18. The molecule has 34 heavy (non-hydrogen) atoms. The number of carbonyl (C=O) groups excluding carboxylic acids is 2. The molecule has 7 nitrogen and oxygen atoms in total. The highest BCUT2D eigenvalue weighted by Crippen LogP contribution is 2.34. The van der Waals surface area contributed by atoms with Crippen LogP contribution >= 0.6 is 0 Å². The Hall–Kier alpha value is -4.00. The van der Waals surface area contributed by atoms with Crippen LogP contribution in [0.5, 0.6) is 17.2 Å². The van der Waals surface area contributed by atoms with Gasteiger partial charge in [-0.1, -0.05) is 36.4 Å². The molecule has 2 heterocycles. The van der Waals surface area contributed by atoms with Crippen LogP contribution in [-0.2, 0) is 11.4 Å². The minimum Gasteiger partial charge on any atom is -0.489 e. The van der Waals surface area contributed by atoms with Crippen LogP contribution < -0.4 is 19.5 Å². The lowest BCUT2D eigenvalue weighted by atomic mass is 9.95. The Kier molecular flexibility index (Phi) is 6.33. The second-order valence-electron chi connectivity index (χ2n) is 8.38. The van der Waals surface area contributed by atoms with Gasteiger partial charge in [0.05, 0.1) is 0 Å². The van der Waals surface area contributed by atoms with E-state index >= 15 is 0 Å². The van der Waals surface area contributed by atoms with Crippen LogP contribution in [0.25, 0.3) is 0 Å². The van der Waals surface area contributed by atoms with Crippen LogP contribution in [0.15, 0.2) is 72.8 Å². The Morgan fingerprint density at radius 1 is 0.912 bits per heavy atom. The van der Waals surface area contributed by atoms with Gasteiger partial charge in [-0.15, -0.1) is 0 Å². The monoisotopic (exact) mass is 458 g/mol. The van der Waals surface area contributed by atoms with Crippen molar-refractivity contribution in [3.05, 3.63) is 83.9 Å². The van der Waals surface area contributed by atoms with Crippen LogP contribution in [0, 0.1) is 5.92 Å². The van der Waals surface area contributed by atoms with Gasteiger partial charge in [0.25, 0.3) is 5.91 Å². The van der Waals surface area contributed by atoms with Crippen LogP contribution in [0.4, 0.5) is 5.69 Å². The zero-order valence-corrected chi connectivity index (χ0v) is 18.7. The summed E-state index contributed by atoms with van der Waals surface area (Å²) in [5.41, 5.74) is 2.17. The average molecular weight is 459 g/mol. The number of ether oxygens (including phenoxy) is 3. The maximum Gasteiger partial charge on any atom is 0.254 e. The number of hydrogen-bond donors (Lipinski definition) is 1. The lowest BCUT2D eigenvalue weighted by molar-refractivity contribution is -0.121. The zero-order chi connectivity index (χ0) is 23.3. The van der Waals surface area contributed by atoms with Crippen molar-refractivity contribution in [2.45, 2.75) is 19.4 Å². The fourth-order valence-electron chi connectivity index (χ4n) is 4.27. The van der Waals surface area contributed by atoms with Gasteiger partial charge in [-0.05, 0) is 43.2 Å². The number of nitrogens with zero attached hydrogens (tertiary/aromatic N) is 1. The fraction of sp³-hybridized carbons (Fsp3) is 0.259. The Bertz CT molecular complexity index is 1170. The van der Waals surface area contributed by atoms with Gasteiger partial charge < -0.3 is 24.4 Å². The molecule has 0 unspecified atom stereocenters. The highest BCUT2D eigenvalue weighted by Gasteiger charge is 2.29. The minimum absolute atomic E-state index is 0.0260. The summed E-state index contributed by atoms with van der Waals surface area (Å²) in [5, 5.41) is 2.96. The fourth-order valence-corrected chi connectivity index (χ4v) is 4.27. The molecular weight excluding hydrogens is 432 g/mol. The predicted octanol–water partition coefficient (Wildman–Crippen LogP) is 4.49. The summed E-state index contributed by atoms with van der Waals surface area (Å²) in [6.07, 6.45) is 1.23. The largest absolute Gasteiger partial charge is 0.489 e. The van der Waals surface area contributed by atoms with E-state index in [0.29, 0.717) is 55.3 Å². The molecule has 0 aliphatic carbocycles. The molecule has 3 aromatic carbocycles. The predicted molar refractivity (Wildman–Crippen MR) is 127 cm³/mol. The first-order valence-corrected chi connectivity index (χ1v) is 11.4.